The number of rotatable bonds is 4. The summed E-state index contributed by atoms with van der Waals surface area (Å²) in [5.74, 6) is 6.32. The Morgan fingerprint density at radius 2 is 2.22 bits per heavy atom. The van der Waals surface area contributed by atoms with Gasteiger partial charge < -0.3 is 10.2 Å². The van der Waals surface area contributed by atoms with E-state index in [1.54, 1.807) is 17.1 Å². The molecule has 2 rings (SSSR count). The summed E-state index contributed by atoms with van der Waals surface area (Å²) in [7, 11) is 0. The van der Waals surface area contributed by atoms with Gasteiger partial charge in [-0.3, -0.25) is 4.68 Å². The van der Waals surface area contributed by atoms with E-state index in [0.29, 0.717) is 21.6 Å². The molecule has 0 amide bonds. The molecule has 0 saturated carbocycles. The van der Waals surface area contributed by atoms with Crippen LogP contribution in [-0.2, 0) is 6.54 Å². The van der Waals surface area contributed by atoms with Crippen LogP contribution in [0.1, 0.15) is 6.92 Å². The lowest BCUT2D eigenvalue weighted by Gasteiger charge is -2.08. The Morgan fingerprint density at radius 1 is 1.44 bits per heavy atom. The Balaban J connectivity index is 2.28. The van der Waals surface area contributed by atoms with Gasteiger partial charge in [0.1, 0.15) is 5.02 Å². The summed E-state index contributed by atoms with van der Waals surface area (Å²) < 4.78 is 7.23. The maximum Gasteiger partial charge on any atom is 0.240 e. The summed E-state index contributed by atoms with van der Waals surface area (Å²) in [6.07, 6.45) is 3.31. The van der Waals surface area contributed by atoms with Gasteiger partial charge in [0, 0.05) is 6.54 Å². The molecule has 0 spiro atoms. The van der Waals surface area contributed by atoms with E-state index in [9.17, 15) is 0 Å². The standard InChI is InChI=1S/C10H11Cl2N5O/c1-2-17-5-6(4-14-17)18-10-8(12)3-7(11)9(15-10)16-13/h3-5H,2,13H2,1H3,(H,15,16). The Kier molecular flexibility index (Phi) is 3.90. The fraction of sp³-hybridized carbons (Fsp3) is 0.200. The van der Waals surface area contributed by atoms with Crippen LogP contribution in [-0.4, -0.2) is 14.8 Å². The molecule has 0 bridgehead atoms. The largest absolute Gasteiger partial charge is 0.434 e. The van der Waals surface area contributed by atoms with Crippen molar-refractivity contribution in [1.82, 2.24) is 14.8 Å². The molecule has 0 aliphatic heterocycles. The molecule has 0 atom stereocenters. The number of ether oxygens (including phenoxy) is 1. The van der Waals surface area contributed by atoms with Gasteiger partial charge in [-0.05, 0) is 13.0 Å². The molecule has 8 heteroatoms. The summed E-state index contributed by atoms with van der Waals surface area (Å²) in [6.45, 7) is 2.72. The number of nitrogen functional groups attached to an aromatic ring is 1. The number of hydrogen-bond acceptors (Lipinski definition) is 5. The molecule has 0 aliphatic carbocycles. The smallest absolute Gasteiger partial charge is 0.240 e. The molecule has 2 aromatic heterocycles. The van der Waals surface area contributed by atoms with Gasteiger partial charge in [-0.2, -0.15) is 10.1 Å². The van der Waals surface area contributed by atoms with E-state index in [0.717, 1.165) is 6.54 Å². The summed E-state index contributed by atoms with van der Waals surface area (Å²) in [5.41, 5.74) is 2.36. The van der Waals surface area contributed by atoms with Crippen molar-refractivity contribution in [1.29, 1.82) is 0 Å². The number of pyridine rings is 1. The van der Waals surface area contributed by atoms with Crippen molar-refractivity contribution in [3.05, 3.63) is 28.5 Å². The molecule has 18 heavy (non-hydrogen) atoms. The molecule has 6 nitrogen and oxygen atoms in total. The Morgan fingerprint density at radius 3 is 2.83 bits per heavy atom. The summed E-state index contributed by atoms with van der Waals surface area (Å²) in [5, 5.41) is 4.69. The van der Waals surface area contributed by atoms with Gasteiger partial charge in [0.15, 0.2) is 11.6 Å². The van der Waals surface area contributed by atoms with E-state index >= 15 is 0 Å². The van der Waals surface area contributed by atoms with Crippen LogP contribution >= 0.6 is 23.2 Å². The maximum absolute atomic E-state index is 5.98. The minimum Gasteiger partial charge on any atom is -0.434 e. The van der Waals surface area contributed by atoms with Gasteiger partial charge in [0.2, 0.25) is 5.88 Å². The van der Waals surface area contributed by atoms with Crippen LogP contribution in [0.5, 0.6) is 11.6 Å². The molecular formula is C10H11Cl2N5O. The van der Waals surface area contributed by atoms with Gasteiger partial charge >= 0.3 is 0 Å². The lowest BCUT2D eigenvalue weighted by molar-refractivity contribution is 0.462. The number of aryl methyl sites for hydroxylation is 1. The third kappa shape index (κ3) is 2.66. The fourth-order valence-electron chi connectivity index (χ4n) is 1.30. The summed E-state index contributed by atoms with van der Waals surface area (Å²) in [4.78, 5) is 4.06. The first kappa shape index (κ1) is 12.9. The van der Waals surface area contributed by atoms with E-state index in [1.807, 2.05) is 6.92 Å². The average molecular weight is 288 g/mol. The highest BCUT2D eigenvalue weighted by Crippen LogP contribution is 2.32. The summed E-state index contributed by atoms with van der Waals surface area (Å²) in [6, 6.07) is 1.50. The number of nitrogens with one attached hydrogen (secondary N) is 1. The predicted molar refractivity (Wildman–Crippen MR) is 70.0 cm³/mol. The fourth-order valence-corrected chi connectivity index (χ4v) is 1.76. The Bertz CT molecular complexity index is 557. The Labute approximate surface area is 114 Å². The first-order chi connectivity index (χ1) is 8.63. The topological polar surface area (TPSA) is 78.0 Å². The van der Waals surface area contributed by atoms with E-state index in [1.165, 1.54) is 6.07 Å². The number of hydrogen-bond donors (Lipinski definition) is 2. The third-order valence-electron chi connectivity index (χ3n) is 2.18. The van der Waals surface area contributed by atoms with Crippen LogP contribution in [0.4, 0.5) is 5.82 Å². The highest BCUT2D eigenvalue weighted by Gasteiger charge is 2.11. The van der Waals surface area contributed by atoms with Gasteiger partial charge in [0.05, 0.1) is 17.4 Å². The minimum absolute atomic E-state index is 0.213. The monoisotopic (exact) mass is 287 g/mol. The average Bonchev–Trinajstić information content (AvgIpc) is 2.80. The summed E-state index contributed by atoms with van der Waals surface area (Å²) >= 11 is 11.9. The van der Waals surface area contributed by atoms with Crippen molar-refractivity contribution in [2.75, 3.05) is 5.43 Å². The molecule has 2 heterocycles. The first-order valence-electron chi connectivity index (χ1n) is 5.17. The van der Waals surface area contributed by atoms with Crippen molar-refractivity contribution in [3.63, 3.8) is 0 Å². The van der Waals surface area contributed by atoms with E-state index in [-0.39, 0.29) is 5.88 Å². The minimum atomic E-state index is 0.213. The van der Waals surface area contributed by atoms with Gasteiger partial charge in [-0.15, -0.1) is 0 Å². The number of nitrogens with zero attached hydrogens (tertiary/aromatic N) is 3. The van der Waals surface area contributed by atoms with Crippen LogP contribution in [0.3, 0.4) is 0 Å². The van der Waals surface area contributed by atoms with Crippen molar-refractivity contribution < 1.29 is 4.74 Å². The number of hydrazine groups is 1. The number of nitrogens with two attached hydrogens (primary N) is 1. The maximum atomic E-state index is 5.98. The SMILES string of the molecule is CCn1cc(Oc2nc(NN)c(Cl)cc2Cl)cn1. The zero-order chi connectivity index (χ0) is 13.1. The first-order valence-corrected chi connectivity index (χ1v) is 5.92. The van der Waals surface area contributed by atoms with E-state index in [2.05, 4.69) is 15.5 Å². The van der Waals surface area contributed by atoms with Crippen molar-refractivity contribution >= 4 is 29.0 Å². The van der Waals surface area contributed by atoms with Crippen LogP contribution in [0.2, 0.25) is 10.0 Å². The number of aromatic nitrogens is 3. The van der Waals surface area contributed by atoms with Crippen LogP contribution < -0.4 is 16.0 Å². The van der Waals surface area contributed by atoms with Crippen LogP contribution in [0, 0.1) is 0 Å². The normalized spacial score (nSPS) is 10.4. The molecule has 0 radical (unpaired) electrons. The van der Waals surface area contributed by atoms with Crippen molar-refractivity contribution in [2.45, 2.75) is 13.5 Å². The van der Waals surface area contributed by atoms with Crippen LogP contribution in [0.15, 0.2) is 18.5 Å². The third-order valence-corrected chi connectivity index (χ3v) is 2.74. The van der Waals surface area contributed by atoms with E-state index in [4.69, 9.17) is 33.8 Å². The quantitative estimate of drug-likeness (QED) is 0.668. The lowest BCUT2D eigenvalue weighted by atomic mass is 10.4. The zero-order valence-corrected chi connectivity index (χ0v) is 11.0. The lowest BCUT2D eigenvalue weighted by Crippen LogP contribution is -2.09. The molecule has 0 fully saturated rings. The molecule has 0 saturated heterocycles. The molecule has 0 aromatic carbocycles. The number of halogens is 2. The van der Waals surface area contributed by atoms with E-state index < -0.39 is 0 Å². The second-order valence-corrected chi connectivity index (χ2v) is 4.20. The number of anilines is 1. The van der Waals surface area contributed by atoms with Gasteiger partial charge in [-0.25, -0.2) is 5.84 Å². The molecule has 3 N–H and O–H groups in total. The van der Waals surface area contributed by atoms with Crippen molar-refractivity contribution in [3.8, 4) is 11.6 Å². The Hall–Kier alpha value is -1.50. The van der Waals surface area contributed by atoms with Crippen LogP contribution in [0.25, 0.3) is 0 Å². The highest BCUT2D eigenvalue weighted by molar-refractivity contribution is 6.36. The molecule has 0 aliphatic rings. The molecule has 96 valence electrons. The second kappa shape index (κ2) is 5.43. The highest BCUT2D eigenvalue weighted by atomic mass is 35.5. The second-order valence-electron chi connectivity index (χ2n) is 3.38. The van der Waals surface area contributed by atoms with Gasteiger partial charge in [-0.1, -0.05) is 23.2 Å². The van der Waals surface area contributed by atoms with Gasteiger partial charge in [0.25, 0.3) is 0 Å². The predicted octanol–water partition coefficient (Wildman–Crippen LogP) is 2.68. The van der Waals surface area contributed by atoms with Crippen molar-refractivity contribution in [2.24, 2.45) is 5.84 Å². The zero-order valence-electron chi connectivity index (χ0n) is 9.52. The molecule has 0 unspecified atom stereocenters. The molecule has 2 aromatic rings. The molecular weight excluding hydrogens is 277 g/mol.